The van der Waals surface area contributed by atoms with E-state index in [-0.39, 0.29) is 4.90 Å². The molecule has 0 saturated heterocycles. The minimum atomic E-state index is -3.77. The van der Waals surface area contributed by atoms with Crippen molar-refractivity contribution in [3.05, 3.63) is 48.0 Å². The van der Waals surface area contributed by atoms with Crippen molar-refractivity contribution in [2.24, 2.45) is 7.05 Å². The van der Waals surface area contributed by atoms with E-state index in [4.69, 9.17) is 4.74 Å². The van der Waals surface area contributed by atoms with Crippen LogP contribution in [0, 0.1) is 6.92 Å². The van der Waals surface area contributed by atoms with E-state index < -0.39 is 10.0 Å². The van der Waals surface area contributed by atoms with Gasteiger partial charge in [0, 0.05) is 18.3 Å². The number of ether oxygens (including phenoxy) is 1. The number of hydrogen-bond acceptors (Lipinski definition) is 6. The molecule has 0 fully saturated rings. The van der Waals surface area contributed by atoms with Gasteiger partial charge < -0.3 is 4.74 Å². The number of methoxy groups -OCH3 is 1. The molecule has 0 saturated carbocycles. The lowest BCUT2D eigenvalue weighted by Gasteiger charge is -2.12. The highest BCUT2D eigenvalue weighted by Gasteiger charge is 2.20. The van der Waals surface area contributed by atoms with E-state index in [1.54, 1.807) is 49.5 Å². The van der Waals surface area contributed by atoms with Crippen molar-refractivity contribution >= 4 is 15.7 Å². The Bertz CT molecular complexity index is 997. The number of sulfonamides is 1. The van der Waals surface area contributed by atoms with E-state index in [1.165, 1.54) is 11.8 Å². The molecular formula is C16H17N5O3S. The first-order chi connectivity index (χ1) is 11.9. The molecular weight excluding hydrogens is 342 g/mol. The van der Waals surface area contributed by atoms with Crippen molar-refractivity contribution in [1.29, 1.82) is 0 Å². The topological polar surface area (TPSA) is 99.0 Å². The van der Waals surface area contributed by atoms with Gasteiger partial charge >= 0.3 is 0 Å². The van der Waals surface area contributed by atoms with Crippen molar-refractivity contribution in [2.45, 2.75) is 11.8 Å². The van der Waals surface area contributed by atoms with Crippen LogP contribution in [0.4, 0.5) is 5.69 Å². The third kappa shape index (κ3) is 3.45. The molecule has 3 aromatic rings. The zero-order chi connectivity index (χ0) is 18.0. The molecule has 2 aromatic carbocycles. The molecule has 1 N–H and O–H groups in total. The zero-order valence-corrected chi connectivity index (χ0v) is 14.8. The van der Waals surface area contributed by atoms with Crippen LogP contribution in [0.3, 0.4) is 0 Å². The Morgan fingerprint density at radius 3 is 2.44 bits per heavy atom. The molecule has 0 aliphatic carbocycles. The highest BCUT2D eigenvalue weighted by atomic mass is 32.2. The van der Waals surface area contributed by atoms with Gasteiger partial charge in [0.05, 0.1) is 7.11 Å². The molecule has 0 aliphatic rings. The molecule has 0 spiro atoms. The summed E-state index contributed by atoms with van der Waals surface area (Å²) in [5.74, 6) is 0.884. The molecule has 9 heteroatoms. The molecule has 3 rings (SSSR count). The van der Waals surface area contributed by atoms with Crippen LogP contribution in [0.1, 0.15) is 5.56 Å². The van der Waals surface area contributed by atoms with E-state index >= 15 is 0 Å². The van der Waals surface area contributed by atoms with E-state index in [0.29, 0.717) is 17.3 Å². The lowest BCUT2D eigenvalue weighted by atomic mass is 10.2. The molecule has 1 heterocycles. The second kappa shape index (κ2) is 6.52. The van der Waals surface area contributed by atoms with Crippen molar-refractivity contribution in [3.63, 3.8) is 0 Å². The quantitative estimate of drug-likeness (QED) is 0.748. The normalized spacial score (nSPS) is 11.3. The minimum absolute atomic E-state index is 0.0941. The number of benzene rings is 2. The second-order valence-corrected chi connectivity index (χ2v) is 7.11. The molecule has 130 valence electrons. The van der Waals surface area contributed by atoms with Gasteiger partial charge in [-0.25, -0.2) is 13.1 Å². The van der Waals surface area contributed by atoms with Crippen LogP contribution in [0.2, 0.25) is 0 Å². The fraction of sp³-hybridized carbons (Fsp3) is 0.188. The van der Waals surface area contributed by atoms with Crippen LogP contribution in [-0.2, 0) is 17.1 Å². The first-order valence-electron chi connectivity index (χ1n) is 7.41. The summed E-state index contributed by atoms with van der Waals surface area (Å²) < 4.78 is 34.6. The van der Waals surface area contributed by atoms with E-state index in [1.807, 2.05) is 6.92 Å². The van der Waals surface area contributed by atoms with Crippen molar-refractivity contribution < 1.29 is 13.2 Å². The lowest BCUT2D eigenvalue weighted by Crippen LogP contribution is -2.14. The largest absolute Gasteiger partial charge is 0.495 e. The maximum absolute atomic E-state index is 12.7. The van der Waals surface area contributed by atoms with Gasteiger partial charge in [0.2, 0.25) is 0 Å². The minimum Gasteiger partial charge on any atom is -0.495 e. The van der Waals surface area contributed by atoms with E-state index in [9.17, 15) is 8.42 Å². The summed E-state index contributed by atoms with van der Waals surface area (Å²) in [4.78, 5) is 0.0941. The Balaban J connectivity index is 1.89. The van der Waals surface area contributed by atoms with Gasteiger partial charge in [-0.3, -0.25) is 4.72 Å². The second-order valence-electron chi connectivity index (χ2n) is 5.46. The van der Waals surface area contributed by atoms with Gasteiger partial charge in [0.1, 0.15) is 10.6 Å². The smallest absolute Gasteiger partial charge is 0.265 e. The van der Waals surface area contributed by atoms with Crippen LogP contribution in [0.5, 0.6) is 5.75 Å². The number of nitrogens with zero attached hydrogens (tertiary/aromatic N) is 4. The van der Waals surface area contributed by atoms with Crippen molar-refractivity contribution in [1.82, 2.24) is 20.2 Å². The van der Waals surface area contributed by atoms with Gasteiger partial charge in [-0.2, -0.15) is 0 Å². The molecule has 0 aliphatic heterocycles. The van der Waals surface area contributed by atoms with Crippen molar-refractivity contribution in [3.8, 4) is 17.1 Å². The first-order valence-corrected chi connectivity index (χ1v) is 8.89. The Morgan fingerprint density at radius 1 is 1.12 bits per heavy atom. The Labute approximate surface area is 145 Å². The fourth-order valence-electron chi connectivity index (χ4n) is 2.37. The Morgan fingerprint density at radius 2 is 1.84 bits per heavy atom. The maximum Gasteiger partial charge on any atom is 0.265 e. The molecule has 8 nitrogen and oxygen atoms in total. The summed E-state index contributed by atoms with van der Waals surface area (Å²) >= 11 is 0. The third-order valence-corrected chi connectivity index (χ3v) is 5.03. The Hall–Kier alpha value is -2.94. The van der Waals surface area contributed by atoms with Gasteiger partial charge in [0.25, 0.3) is 10.0 Å². The molecule has 1 aromatic heterocycles. The average molecular weight is 359 g/mol. The van der Waals surface area contributed by atoms with Crippen LogP contribution in [0.25, 0.3) is 11.4 Å². The molecule has 0 unspecified atom stereocenters. The zero-order valence-electron chi connectivity index (χ0n) is 14.0. The molecule has 25 heavy (non-hydrogen) atoms. The number of hydrogen-bond donors (Lipinski definition) is 1. The standard InChI is InChI=1S/C16H17N5O3S/c1-11-4-9-14(24-3)15(10-11)25(22,23)18-13-7-5-12(6-8-13)16-17-19-20-21(16)2/h4-10,18H,1-3H3. The van der Waals surface area contributed by atoms with E-state index in [0.717, 1.165) is 11.1 Å². The summed E-state index contributed by atoms with van der Waals surface area (Å²) in [6, 6.07) is 11.8. The van der Waals surface area contributed by atoms with Gasteiger partial charge in [-0.15, -0.1) is 5.10 Å². The highest BCUT2D eigenvalue weighted by Crippen LogP contribution is 2.27. The van der Waals surface area contributed by atoms with Crippen LogP contribution in [-0.4, -0.2) is 35.7 Å². The number of nitrogens with one attached hydrogen (secondary N) is 1. The van der Waals surface area contributed by atoms with Crippen LogP contribution < -0.4 is 9.46 Å². The fourth-order valence-corrected chi connectivity index (χ4v) is 3.68. The summed E-state index contributed by atoms with van der Waals surface area (Å²) in [6.45, 7) is 1.82. The van der Waals surface area contributed by atoms with Crippen LogP contribution >= 0.6 is 0 Å². The first kappa shape index (κ1) is 16.9. The van der Waals surface area contributed by atoms with Gasteiger partial charge in [-0.05, 0) is 59.3 Å². The number of aromatic nitrogens is 4. The number of tetrazole rings is 1. The monoisotopic (exact) mass is 359 g/mol. The number of rotatable bonds is 5. The van der Waals surface area contributed by atoms with Gasteiger partial charge in [-0.1, -0.05) is 6.07 Å². The summed E-state index contributed by atoms with van der Waals surface area (Å²) in [5, 5.41) is 11.3. The average Bonchev–Trinajstić information content (AvgIpc) is 3.01. The SMILES string of the molecule is COc1ccc(C)cc1S(=O)(=O)Nc1ccc(-c2nnnn2C)cc1. The predicted octanol–water partition coefficient (Wildman–Crippen LogP) is 1.99. The molecule has 0 bridgehead atoms. The summed E-state index contributed by atoms with van der Waals surface area (Å²) in [5.41, 5.74) is 2.04. The summed E-state index contributed by atoms with van der Waals surface area (Å²) in [6.07, 6.45) is 0. The maximum atomic E-state index is 12.7. The van der Waals surface area contributed by atoms with Crippen LogP contribution in [0.15, 0.2) is 47.4 Å². The van der Waals surface area contributed by atoms with Gasteiger partial charge in [0.15, 0.2) is 5.82 Å². The van der Waals surface area contributed by atoms with E-state index in [2.05, 4.69) is 20.2 Å². The molecule has 0 radical (unpaired) electrons. The third-order valence-electron chi connectivity index (χ3n) is 3.62. The van der Waals surface area contributed by atoms with Crippen molar-refractivity contribution in [2.75, 3.05) is 11.8 Å². The molecule has 0 atom stereocenters. The predicted molar refractivity (Wildman–Crippen MR) is 92.8 cm³/mol. The number of anilines is 1. The summed E-state index contributed by atoms with van der Waals surface area (Å²) in [7, 11) is -0.604. The molecule has 0 amide bonds. The Kier molecular flexibility index (Phi) is 4.41. The highest BCUT2D eigenvalue weighted by molar-refractivity contribution is 7.92. The number of aryl methyl sites for hydroxylation is 2. The lowest BCUT2D eigenvalue weighted by molar-refractivity contribution is 0.402.